The van der Waals surface area contributed by atoms with Crippen LogP contribution in [0.2, 0.25) is 0 Å². The zero-order valence-corrected chi connectivity index (χ0v) is 18.0. The average molecular weight is 424 g/mol. The lowest BCUT2D eigenvalue weighted by molar-refractivity contribution is 0.1000. The van der Waals surface area contributed by atoms with E-state index in [1.807, 2.05) is 11.6 Å². The predicted molar refractivity (Wildman–Crippen MR) is 119 cm³/mol. The minimum atomic E-state index is -0.453. The van der Waals surface area contributed by atoms with Crippen LogP contribution in [-0.4, -0.2) is 61.1 Å². The first-order valence-electron chi connectivity index (χ1n) is 9.84. The van der Waals surface area contributed by atoms with Gasteiger partial charge < -0.3 is 20.3 Å². The summed E-state index contributed by atoms with van der Waals surface area (Å²) in [6.07, 6.45) is 2.46. The Balaban J connectivity index is 1.49. The zero-order valence-electron chi connectivity index (χ0n) is 17.2. The number of rotatable bonds is 6. The lowest BCUT2D eigenvalue weighted by atomic mass is 10.1. The molecule has 3 heterocycles. The van der Waals surface area contributed by atoms with E-state index in [1.54, 1.807) is 36.6 Å². The largest absolute Gasteiger partial charge is 0.496 e. The minimum absolute atomic E-state index is 0.453. The summed E-state index contributed by atoms with van der Waals surface area (Å²) in [6, 6.07) is 9.36. The lowest BCUT2D eigenvalue weighted by Gasteiger charge is -2.33. The molecule has 2 aromatic heterocycles. The van der Waals surface area contributed by atoms with Gasteiger partial charge in [-0.25, -0.2) is 9.97 Å². The monoisotopic (exact) mass is 423 g/mol. The van der Waals surface area contributed by atoms with Crippen LogP contribution in [0.1, 0.15) is 20.9 Å². The van der Waals surface area contributed by atoms with Gasteiger partial charge >= 0.3 is 0 Å². The molecule has 30 heavy (non-hydrogen) atoms. The molecule has 1 amide bonds. The number of ether oxygens (including phenoxy) is 1. The molecule has 2 N–H and O–H groups in total. The Kier molecular flexibility index (Phi) is 5.96. The summed E-state index contributed by atoms with van der Waals surface area (Å²) in [4.78, 5) is 25.6. The zero-order chi connectivity index (χ0) is 21.1. The molecule has 0 atom stereocenters. The van der Waals surface area contributed by atoms with Gasteiger partial charge in [-0.3, -0.25) is 4.79 Å². The van der Waals surface area contributed by atoms with Crippen LogP contribution in [-0.2, 0) is 6.42 Å². The highest BCUT2D eigenvalue weighted by Gasteiger charge is 2.16. The highest BCUT2D eigenvalue weighted by Crippen LogP contribution is 2.28. The van der Waals surface area contributed by atoms with Crippen LogP contribution in [0.15, 0.2) is 41.9 Å². The van der Waals surface area contributed by atoms with Gasteiger partial charge in [-0.15, -0.1) is 11.3 Å². The Labute approximate surface area is 180 Å². The van der Waals surface area contributed by atoms with Crippen LogP contribution in [0.3, 0.4) is 0 Å². The number of nitrogens with zero attached hydrogens (tertiary/aromatic N) is 4. The summed E-state index contributed by atoms with van der Waals surface area (Å²) < 4.78 is 5.43. The number of carbonyl (C=O) groups excluding carboxylic acids is 1. The second-order valence-electron chi connectivity index (χ2n) is 7.39. The van der Waals surface area contributed by atoms with Gasteiger partial charge in [-0.05, 0) is 37.4 Å². The van der Waals surface area contributed by atoms with Gasteiger partial charge in [-0.2, -0.15) is 0 Å². The third-order valence-electron chi connectivity index (χ3n) is 5.33. The summed E-state index contributed by atoms with van der Waals surface area (Å²) in [5, 5.41) is 2.97. The Bertz CT molecular complexity index is 1030. The number of likely N-dealkylation sites (N-methyl/N-ethyl adjacent to an activating group) is 1. The van der Waals surface area contributed by atoms with Crippen LogP contribution < -0.4 is 15.4 Å². The molecule has 7 nitrogen and oxygen atoms in total. The maximum Gasteiger partial charge on any atom is 0.248 e. The number of methoxy groups -OCH3 is 1. The van der Waals surface area contributed by atoms with Crippen LogP contribution in [0, 0.1) is 0 Å². The van der Waals surface area contributed by atoms with Crippen molar-refractivity contribution in [2.45, 2.75) is 6.42 Å². The topological polar surface area (TPSA) is 84.6 Å². The second-order valence-corrected chi connectivity index (χ2v) is 8.33. The van der Waals surface area contributed by atoms with E-state index in [4.69, 9.17) is 15.5 Å². The van der Waals surface area contributed by atoms with Crippen molar-refractivity contribution in [3.05, 3.63) is 58.0 Å². The number of pyridine rings is 1. The number of hydrogen-bond donors (Lipinski definition) is 1. The average Bonchev–Trinajstić information content (AvgIpc) is 3.23. The van der Waals surface area contributed by atoms with Gasteiger partial charge in [0.25, 0.3) is 0 Å². The SMILES string of the molecule is COc1ccc(C(N)=O)cc1Cc1nc(-c2ccc(N3CCN(C)CC3)nc2)cs1. The summed E-state index contributed by atoms with van der Waals surface area (Å²) in [6.45, 7) is 4.10. The lowest BCUT2D eigenvalue weighted by Crippen LogP contribution is -2.44. The molecule has 8 heteroatoms. The number of amides is 1. The van der Waals surface area contributed by atoms with Crippen molar-refractivity contribution >= 4 is 23.1 Å². The molecule has 0 unspecified atom stereocenters. The fraction of sp³-hybridized carbons (Fsp3) is 0.318. The molecule has 0 bridgehead atoms. The van der Waals surface area contributed by atoms with Crippen molar-refractivity contribution < 1.29 is 9.53 Å². The van der Waals surface area contributed by atoms with E-state index in [1.165, 1.54) is 0 Å². The van der Waals surface area contributed by atoms with Crippen LogP contribution in [0.25, 0.3) is 11.3 Å². The summed E-state index contributed by atoms with van der Waals surface area (Å²) in [5.41, 5.74) is 8.66. The minimum Gasteiger partial charge on any atom is -0.496 e. The van der Waals surface area contributed by atoms with Gasteiger partial charge in [-0.1, -0.05) is 0 Å². The van der Waals surface area contributed by atoms with Crippen molar-refractivity contribution in [2.24, 2.45) is 5.73 Å². The third kappa shape index (κ3) is 4.44. The predicted octanol–water partition coefficient (Wildman–Crippen LogP) is 2.66. The van der Waals surface area contributed by atoms with Crippen molar-refractivity contribution in [1.82, 2.24) is 14.9 Å². The Hall–Kier alpha value is -2.97. The summed E-state index contributed by atoms with van der Waals surface area (Å²) in [5.74, 6) is 1.27. The fourth-order valence-corrected chi connectivity index (χ4v) is 4.34. The molecule has 1 saturated heterocycles. The molecule has 1 aliphatic heterocycles. The van der Waals surface area contributed by atoms with E-state index >= 15 is 0 Å². The van der Waals surface area contributed by atoms with Crippen molar-refractivity contribution in [1.29, 1.82) is 0 Å². The maximum absolute atomic E-state index is 11.5. The number of benzene rings is 1. The molecule has 0 saturated carbocycles. The molecule has 0 spiro atoms. The van der Waals surface area contributed by atoms with Crippen LogP contribution in [0.4, 0.5) is 5.82 Å². The normalized spacial score (nSPS) is 14.7. The molecule has 4 rings (SSSR count). The van der Waals surface area contributed by atoms with E-state index in [2.05, 4.69) is 34.0 Å². The number of anilines is 1. The Morgan fingerprint density at radius 2 is 2.00 bits per heavy atom. The first-order chi connectivity index (χ1) is 14.5. The van der Waals surface area contributed by atoms with Gasteiger partial charge in [0.15, 0.2) is 0 Å². The highest BCUT2D eigenvalue weighted by molar-refractivity contribution is 7.10. The number of piperazine rings is 1. The Morgan fingerprint density at radius 3 is 2.67 bits per heavy atom. The number of aromatic nitrogens is 2. The molecular formula is C22H25N5O2S. The van der Waals surface area contributed by atoms with Crippen molar-refractivity contribution in [3.63, 3.8) is 0 Å². The number of hydrogen-bond acceptors (Lipinski definition) is 7. The van der Waals surface area contributed by atoms with Gasteiger partial charge in [0, 0.05) is 60.9 Å². The van der Waals surface area contributed by atoms with Gasteiger partial charge in [0.2, 0.25) is 5.91 Å². The summed E-state index contributed by atoms with van der Waals surface area (Å²) >= 11 is 1.58. The Morgan fingerprint density at radius 1 is 1.20 bits per heavy atom. The van der Waals surface area contributed by atoms with E-state index in [0.717, 1.165) is 59.6 Å². The number of primary amides is 1. The number of thiazole rings is 1. The van der Waals surface area contributed by atoms with E-state index in [9.17, 15) is 4.79 Å². The van der Waals surface area contributed by atoms with E-state index in [0.29, 0.717) is 12.0 Å². The fourth-order valence-electron chi connectivity index (χ4n) is 3.52. The molecule has 1 aliphatic rings. The van der Waals surface area contributed by atoms with Crippen LogP contribution >= 0.6 is 11.3 Å². The molecule has 1 fully saturated rings. The first-order valence-corrected chi connectivity index (χ1v) is 10.7. The molecule has 3 aromatic rings. The molecular weight excluding hydrogens is 398 g/mol. The molecule has 156 valence electrons. The molecule has 1 aromatic carbocycles. The van der Waals surface area contributed by atoms with Crippen molar-refractivity contribution in [3.8, 4) is 17.0 Å². The standard InChI is InChI=1S/C22H25N5O2S/c1-26-7-9-27(10-8-26)20-6-4-16(13-24-20)18-14-30-21(25-18)12-17-11-15(22(23)28)3-5-19(17)29-2/h3-6,11,13-14H,7-10,12H2,1-2H3,(H2,23,28). The summed E-state index contributed by atoms with van der Waals surface area (Å²) in [7, 11) is 3.76. The number of nitrogens with two attached hydrogens (primary N) is 1. The van der Waals surface area contributed by atoms with Gasteiger partial charge in [0.1, 0.15) is 11.6 Å². The van der Waals surface area contributed by atoms with Gasteiger partial charge in [0.05, 0.1) is 17.8 Å². The highest BCUT2D eigenvalue weighted by atomic mass is 32.1. The number of carbonyl (C=O) groups is 1. The maximum atomic E-state index is 11.5. The van der Waals surface area contributed by atoms with E-state index in [-0.39, 0.29) is 0 Å². The first kappa shape index (κ1) is 20.3. The van der Waals surface area contributed by atoms with Crippen LogP contribution in [0.5, 0.6) is 5.75 Å². The quantitative estimate of drug-likeness (QED) is 0.656. The molecule has 0 aliphatic carbocycles. The molecule has 0 radical (unpaired) electrons. The van der Waals surface area contributed by atoms with Crippen molar-refractivity contribution in [2.75, 3.05) is 45.2 Å². The van der Waals surface area contributed by atoms with E-state index < -0.39 is 5.91 Å². The third-order valence-corrected chi connectivity index (χ3v) is 6.18. The second kappa shape index (κ2) is 8.81. The smallest absolute Gasteiger partial charge is 0.248 e.